The number of pyridine rings is 1. The number of aromatic nitrogens is 1. The lowest BCUT2D eigenvalue weighted by Gasteiger charge is -2.29. The maximum atomic E-state index is 13.0. The first-order chi connectivity index (χ1) is 12.7. The molecule has 3 aromatic rings. The van der Waals surface area contributed by atoms with Crippen molar-refractivity contribution < 1.29 is 9.18 Å². The smallest absolute Gasteiger partial charge is 0.274 e. The molecule has 1 aromatic heterocycles. The standard InChI is InChI=1S/C21H18FN3O/c22-17-8-10-18(11-9-17)23-21(26)19-6-3-7-20(24-19)25-13-12-15-4-1-2-5-16(15)14-25/h1-11H,12-14H2,(H,23,26). The molecule has 1 amide bonds. The van der Waals surface area contributed by atoms with E-state index in [0.717, 1.165) is 25.3 Å². The first-order valence-electron chi connectivity index (χ1n) is 8.55. The van der Waals surface area contributed by atoms with Crippen LogP contribution in [0, 0.1) is 5.82 Å². The maximum Gasteiger partial charge on any atom is 0.274 e. The summed E-state index contributed by atoms with van der Waals surface area (Å²) in [6.07, 6.45) is 0.962. The van der Waals surface area contributed by atoms with E-state index >= 15 is 0 Å². The summed E-state index contributed by atoms with van der Waals surface area (Å²) in [5.74, 6) is 0.135. The molecule has 0 radical (unpaired) electrons. The number of rotatable bonds is 3. The molecule has 0 spiro atoms. The number of hydrogen-bond donors (Lipinski definition) is 1. The van der Waals surface area contributed by atoms with Crippen molar-refractivity contribution in [1.82, 2.24) is 4.98 Å². The van der Waals surface area contributed by atoms with Crippen molar-refractivity contribution in [2.75, 3.05) is 16.8 Å². The van der Waals surface area contributed by atoms with Gasteiger partial charge in [0.2, 0.25) is 0 Å². The molecule has 1 N–H and O–H groups in total. The quantitative estimate of drug-likeness (QED) is 0.778. The topological polar surface area (TPSA) is 45.2 Å². The maximum absolute atomic E-state index is 13.0. The van der Waals surface area contributed by atoms with Crippen molar-refractivity contribution in [3.63, 3.8) is 0 Å². The molecule has 5 heteroatoms. The van der Waals surface area contributed by atoms with Crippen LogP contribution in [0.3, 0.4) is 0 Å². The van der Waals surface area contributed by atoms with Gasteiger partial charge in [0.25, 0.3) is 5.91 Å². The summed E-state index contributed by atoms with van der Waals surface area (Å²) in [7, 11) is 0. The van der Waals surface area contributed by atoms with Gasteiger partial charge in [0.1, 0.15) is 17.3 Å². The molecule has 0 atom stereocenters. The number of carbonyl (C=O) groups excluding carboxylic acids is 1. The second-order valence-corrected chi connectivity index (χ2v) is 6.28. The van der Waals surface area contributed by atoms with Crippen LogP contribution in [0.5, 0.6) is 0 Å². The van der Waals surface area contributed by atoms with Crippen LogP contribution in [0.2, 0.25) is 0 Å². The van der Waals surface area contributed by atoms with Gasteiger partial charge in [-0.1, -0.05) is 30.3 Å². The lowest BCUT2D eigenvalue weighted by atomic mass is 10.00. The zero-order valence-corrected chi connectivity index (χ0v) is 14.2. The Hall–Kier alpha value is -3.21. The second kappa shape index (κ2) is 6.96. The Morgan fingerprint density at radius 1 is 0.962 bits per heavy atom. The molecular weight excluding hydrogens is 329 g/mol. The highest BCUT2D eigenvalue weighted by Gasteiger charge is 2.18. The van der Waals surface area contributed by atoms with Gasteiger partial charge in [-0.25, -0.2) is 9.37 Å². The molecule has 1 aliphatic heterocycles. The fourth-order valence-electron chi connectivity index (χ4n) is 3.15. The Morgan fingerprint density at radius 2 is 1.73 bits per heavy atom. The Bertz CT molecular complexity index is 940. The SMILES string of the molecule is O=C(Nc1ccc(F)cc1)c1cccc(N2CCc3ccccc3C2)n1. The van der Waals surface area contributed by atoms with Crippen molar-refractivity contribution in [3.8, 4) is 0 Å². The van der Waals surface area contributed by atoms with E-state index in [0.29, 0.717) is 11.4 Å². The van der Waals surface area contributed by atoms with E-state index < -0.39 is 0 Å². The molecule has 130 valence electrons. The van der Waals surface area contributed by atoms with Crippen LogP contribution in [0.1, 0.15) is 21.6 Å². The average Bonchev–Trinajstić information content (AvgIpc) is 2.69. The van der Waals surface area contributed by atoms with Crippen molar-refractivity contribution in [3.05, 3.63) is 89.4 Å². The Labute approximate surface area is 151 Å². The number of halogens is 1. The van der Waals surface area contributed by atoms with Crippen LogP contribution < -0.4 is 10.2 Å². The molecule has 0 saturated carbocycles. The van der Waals surface area contributed by atoms with Crippen LogP contribution in [0.4, 0.5) is 15.9 Å². The van der Waals surface area contributed by atoms with Gasteiger partial charge in [-0.3, -0.25) is 4.79 Å². The summed E-state index contributed by atoms with van der Waals surface area (Å²) in [5, 5.41) is 2.74. The van der Waals surface area contributed by atoms with Crippen LogP contribution in [-0.2, 0) is 13.0 Å². The number of nitrogens with one attached hydrogen (secondary N) is 1. The fraction of sp³-hybridized carbons (Fsp3) is 0.143. The zero-order chi connectivity index (χ0) is 17.9. The van der Waals surface area contributed by atoms with Crippen LogP contribution in [-0.4, -0.2) is 17.4 Å². The molecule has 0 bridgehead atoms. The minimum Gasteiger partial charge on any atom is -0.352 e. The van der Waals surface area contributed by atoms with Crippen molar-refractivity contribution in [2.45, 2.75) is 13.0 Å². The third-order valence-electron chi connectivity index (χ3n) is 4.52. The average molecular weight is 347 g/mol. The fourth-order valence-corrected chi connectivity index (χ4v) is 3.15. The number of hydrogen-bond acceptors (Lipinski definition) is 3. The van der Waals surface area contributed by atoms with E-state index in [4.69, 9.17) is 0 Å². The van der Waals surface area contributed by atoms with E-state index in [1.807, 2.05) is 18.2 Å². The van der Waals surface area contributed by atoms with Gasteiger partial charge in [0.15, 0.2) is 0 Å². The minimum absolute atomic E-state index is 0.309. The monoisotopic (exact) mass is 347 g/mol. The minimum atomic E-state index is -0.339. The van der Waals surface area contributed by atoms with Gasteiger partial charge in [-0.05, 0) is 53.9 Å². The van der Waals surface area contributed by atoms with Crippen LogP contribution in [0.25, 0.3) is 0 Å². The van der Waals surface area contributed by atoms with E-state index in [9.17, 15) is 9.18 Å². The van der Waals surface area contributed by atoms with Gasteiger partial charge in [0, 0.05) is 18.8 Å². The number of benzene rings is 2. The molecular formula is C21H18FN3O. The third-order valence-corrected chi connectivity index (χ3v) is 4.52. The first kappa shape index (κ1) is 16.3. The van der Waals surface area contributed by atoms with Gasteiger partial charge in [0.05, 0.1) is 0 Å². The van der Waals surface area contributed by atoms with E-state index in [1.165, 1.54) is 35.4 Å². The molecule has 4 rings (SSSR count). The van der Waals surface area contributed by atoms with Gasteiger partial charge in [-0.15, -0.1) is 0 Å². The molecule has 26 heavy (non-hydrogen) atoms. The van der Waals surface area contributed by atoms with E-state index in [-0.39, 0.29) is 11.7 Å². The summed E-state index contributed by atoms with van der Waals surface area (Å²) >= 11 is 0. The Morgan fingerprint density at radius 3 is 2.54 bits per heavy atom. The van der Waals surface area contributed by atoms with Crippen LogP contribution in [0.15, 0.2) is 66.7 Å². The first-order valence-corrected chi connectivity index (χ1v) is 8.55. The molecule has 2 aromatic carbocycles. The van der Waals surface area contributed by atoms with Crippen molar-refractivity contribution >= 4 is 17.4 Å². The number of amides is 1. The lowest BCUT2D eigenvalue weighted by molar-refractivity contribution is 0.102. The molecule has 0 fully saturated rings. The molecule has 0 saturated heterocycles. The Kier molecular flexibility index (Phi) is 4.35. The zero-order valence-electron chi connectivity index (χ0n) is 14.2. The second-order valence-electron chi connectivity index (χ2n) is 6.28. The number of fused-ring (bicyclic) bond motifs is 1. The highest BCUT2D eigenvalue weighted by Crippen LogP contribution is 2.23. The van der Waals surface area contributed by atoms with Gasteiger partial charge in [-0.2, -0.15) is 0 Å². The lowest BCUT2D eigenvalue weighted by Crippen LogP contribution is -2.31. The summed E-state index contributed by atoms with van der Waals surface area (Å²) in [6, 6.07) is 19.5. The largest absolute Gasteiger partial charge is 0.352 e. The summed E-state index contributed by atoms with van der Waals surface area (Å²) in [5.41, 5.74) is 3.54. The summed E-state index contributed by atoms with van der Waals surface area (Å²) < 4.78 is 13.0. The number of nitrogens with zero attached hydrogens (tertiary/aromatic N) is 2. The molecule has 2 heterocycles. The highest BCUT2D eigenvalue weighted by atomic mass is 19.1. The number of carbonyl (C=O) groups is 1. The molecule has 0 unspecified atom stereocenters. The van der Waals surface area contributed by atoms with Crippen molar-refractivity contribution in [1.29, 1.82) is 0 Å². The summed E-state index contributed by atoms with van der Waals surface area (Å²) in [6.45, 7) is 1.65. The van der Waals surface area contributed by atoms with E-state index in [1.54, 1.807) is 6.07 Å². The number of anilines is 2. The highest BCUT2D eigenvalue weighted by molar-refractivity contribution is 6.03. The normalized spacial score (nSPS) is 13.2. The predicted molar refractivity (Wildman–Crippen MR) is 99.8 cm³/mol. The third kappa shape index (κ3) is 3.42. The Balaban J connectivity index is 1.51. The summed E-state index contributed by atoms with van der Waals surface area (Å²) in [4.78, 5) is 19.1. The van der Waals surface area contributed by atoms with E-state index in [2.05, 4.69) is 33.4 Å². The molecule has 1 aliphatic rings. The molecule has 0 aliphatic carbocycles. The van der Waals surface area contributed by atoms with Crippen molar-refractivity contribution in [2.24, 2.45) is 0 Å². The predicted octanol–water partition coefficient (Wildman–Crippen LogP) is 4.04. The van der Waals surface area contributed by atoms with Gasteiger partial charge < -0.3 is 10.2 Å². The molecule has 4 nitrogen and oxygen atoms in total. The van der Waals surface area contributed by atoms with Gasteiger partial charge >= 0.3 is 0 Å². The van der Waals surface area contributed by atoms with Crippen LogP contribution >= 0.6 is 0 Å².